The highest BCUT2D eigenvalue weighted by Crippen LogP contribution is 2.51. The van der Waals surface area contributed by atoms with Gasteiger partial charge in [0.1, 0.15) is 30.6 Å². The molecule has 4 fully saturated rings. The molecule has 3 aliphatic carbocycles. The van der Waals surface area contributed by atoms with E-state index in [1.807, 2.05) is 11.9 Å². The molecule has 0 unspecified atom stereocenters. The third-order valence-corrected chi connectivity index (χ3v) is 10.1. The van der Waals surface area contributed by atoms with E-state index >= 15 is 4.39 Å². The summed E-state index contributed by atoms with van der Waals surface area (Å²) in [6.07, 6.45) is 2.88. The summed E-state index contributed by atoms with van der Waals surface area (Å²) in [5.74, 6) is -4.16. The Bertz CT molecular complexity index is 1400. The van der Waals surface area contributed by atoms with Gasteiger partial charge in [-0.05, 0) is 87.9 Å². The van der Waals surface area contributed by atoms with Crippen molar-refractivity contribution in [3.8, 4) is 0 Å². The van der Waals surface area contributed by atoms with Crippen LogP contribution in [0.4, 0.5) is 23.7 Å². The van der Waals surface area contributed by atoms with Gasteiger partial charge >= 0.3 is 6.09 Å². The van der Waals surface area contributed by atoms with Gasteiger partial charge in [0.25, 0.3) is 5.91 Å². The number of amides is 5. The van der Waals surface area contributed by atoms with Gasteiger partial charge in [0.15, 0.2) is 5.67 Å². The fourth-order valence-corrected chi connectivity index (χ4v) is 6.52. The van der Waals surface area contributed by atoms with Gasteiger partial charge < -0.3 is 35.8 Å². The fourth-order valence-electron chi connectivity index (χ4n) is 6.52. The summed E-state index contributed by atoms with van der Waals surface area (Å²) in [7, 11) is 1.92. The van der Waals surface area contributed by atoms with Gasteiger partial charge in [0.2, 0.25) is 17.7 Å². The molecule has 1 heterocycles. The number of alkyl halides is 2. The predicted octanol–water partition coefficient (Wildman–Crippen LogP) is 2.63. The van der Waals surface area contributed by atoms with Crippen molar-refractivity contribution in [1.29, 1.82) is 0 Å². The number of nitrogens with zero attached hydrogens (tertiary/aromatic N) is 2. The number of anilines is 1. The van der Waals surface area contributed by atoms with E-state index in [1.54, 1.807) is 18.7 Å². The van der Waals surface area contributed by atoms with Crippen LogP contribution >= 0.6 is 0 Å². The lowest BCUT2D eigenvalue weighted by Gasteiger charge is -2.36. The molecule has 0 bridgehead atoms. The maximum atomic E-state index is 15.7. The van der Waals surface area contributed by atoms with Crippen molar-refractivity contribution in [2.24, 2.45) is 17.8 Å². The topological polar surface area (TPSA) is 149 Å². The minimum Gasteiger partial charge on any atom is -0.450 e. The number of hydrogen-bond acceptors (Lipinski definition) is 7. The molecule has 270 valence electrons. The number of carbonyl (C=O) groups is 5. The molecule has 15 heteroatoms. The third kappa shape index (κ3) is 9.03. The van der Waals surface area contributed by atoms with Crippen LogP contribution in [0.1, 0.15) is 63.9 Å². The first-order chi connectivity index (χ1) is 23.3. The molecule has 1 aromatic carbocycles. The lowest BCUT2D eigenvalue weighted by Crippen LogP contribution is -2.58. The predicted molar refractivity (Wildman–Crippen MR) is 173 cm³/mol. The third-order valence-electron chi connectivity index (χ3n) is 10.1. The Labute approximate surface area is 284 Å². The number of piperazine rings is 1. The monoisotopic (exact) mass is 692 g/mol. The molecule has 5 amide bonds. The number of carbonyl (C=O) groups excluding carboxylic acids is 5. The van der Waals surface area contributed by atoms with E-state index in [0.29, 0.717) is 31.7 Å². The number of hydrogen-bond donors (Lipinski definition) is 4. The first kappa shape index (κ1) is 36.4. The van der Waals surface area contributed by atoms with Gasteiger partial charge in [0, 0.05) is 32.1 Å². The Morgan fingerprint density at radius 1 is 0.939 bits per heavy atom. The van der Waals surface area contributed by atoms with Crippen molar-refractivity contribution in [2.45, 2.75) is 82.1 Å². The van der Waals surface area contributed by atoms with Crippen LogP contribution in [0.2, 0.25) is 0 Å². The Balaban J connectivity index is 1.33. The van der Waals surface area contributed by atoms with Crippen LogP contribution in [-0.2, 0) is 23.9 Å². The first-order valence-electron chi connectivity index (χ1n) is 17.2. The maximum absolute atomic E-state index is 15.7. The van der Waals surface area contributed by atoms with Crippen molar-refractivity contribution < 1.29 is 41.9 Å². The highest BCUT2D eigenvalue weighted by Gasteiger charge is 2.54. The molecule has 3 saturated carbocycles. The molecule has 4 aliphatic rings. The van der Waals surface area contributed by atoms with E-state index in [2.05, 4.69) is 21.3 Å². The minimum absolute atomic E-state index is 0.00521. The number of benzene rings is 1. The van der Waals surface area contributed by atoms with Crippen molar-refractivity contribution >= 4 is 35.4 Å². The SMILES string of the molecule is CCOC(=O)N[C@@H](CF)C(=O)N[C@@H](C(=O)N1CCN(C)CC1)[C@@H](C)c1ccc(NC(=O)[C@@H](NC(=O)C2(F)CC2)C(C2CC2)C2CC2)c(F)c1. The Kier molecular flexibility index (Phi) is 11.4. The zero-order chi connectivity index (χ0) is 35.5. The smallest absolute Gasteiger partial charge is 0.407 e. The zero-order valence-corrected chi connectivity index (χ0v) is 28.2. The molecule has 1 aromatic rings. The summed E-state index contributed by atoms with van der Waals surface area (Å²) in [6, 6.07) is 0.113. The second kappa shape index (κ2) is 15.3. The molecule has 0 aromatic heterocycles. The molecular formula is C34H47F3N6O6. The molecule has 1 aliphatic heterocycles. The van der Waals surface area contributed by atoms with Crippen LogP contribution in [0.5, 0.6) is 0 Å². The van der Waals surface area contributed by atoms with Gasteiger partial charge in [-0.25, -0.2) is 18.0 Å². The van der Waals surface area contributed by atoms with Crippen molar-refractivity contribution in [3.63, 3.8) is 0 Å². The lowest BCUT2D eigenvalue weighted by molar-refractivity contribution is -0.138. The number of alkyl carbamates (subject to hydrolysis) is 1. The molecule has 49 heavy (non-hydrogen) atoms. The van der Waals surface area contributed by atoms with Gasteiger partial charge in [-0.15, -0.1) is 0 Å². The highest BCUT2D eigenvalue weighted by atomic mass is 19.1. The highest BCUT2D eigenvalue weighted by molar-refractivity contribution is 5.99. The second-order valence-corrected chi connectivity index (χ2v) is 13.9. The first-order valence-corrected chi connectivity index (χ1v) is 17.2. The lowest BCUT2D eigenvalue weighted by atomic mass is 9.88. The van der Waals surface area contributed by atoms with Crippen LogP contribution in [0.25, 0.3) is 0 Å². The Hall–Kier alpha value is -3.88. The standard InChI is InChI=1S/C34H47F3N6O6/c1-4-49-33(48)39-25(18-35)29(44)40-27(31(46)43-15-13-42(3)14-16-43)19(2)22-9-10-24(23(36)17-22)38-30(45)28(41-32(47)34(37)11-12-34)26(20-5-6-20)21-7-8-21/h9-10,17,19-21,25-28H,4-8,11-16,18H2,1-3H3,(H,38,45)(H,39,48)(H,40,44)(H,41,47)/t19-,25-,27+,28-/m0/s1. The molecule has 4 atom stereocenters. The summed E-state index contributed by atoms with van der Waals surface area (Å²) in [6.45, 7) is 3.86. The maximum Gasteiger partial charge on any atom is 0.407 e. The average Bonchev–Trinajstić information content (AvgIpc) is 3.93. The number of nitrogens with one attached hydrogen (secondary N) is 4. The number of ether oxygens (including phenoxy) is 1. The van der Waals surface area contributed by atoms with Crippen molar-refractivity contribution in [2.75, 3.05) is 51.8 Å². The number of halogens is 3. The molecule has 1 saturated heterocycles. The van der Waals surface area contributed by atoms with Crippen LogP contribution < -0.4 is 21.3 Å². The van der Waals surface area contributed by atoms with E-state index in [4.69, 9.17) is 4.74 Å². The summed E-state index contributed by atoms with van der Waals surface area (Å²) in [5, 5.41) is 9.96. The second-order valence-electron chi connectivity index (χ2n) is 13.9. The average molecular weight is 693 g/mol. The van der Waals surface area contributed by atoms with Gasteiger partial charge in [-0.1, -0.05) is 13.0 Å². The van der Waals surface area contributed by atoms with E-state index < -0.39 is 71.9 Å². The van der Waals surface area contributed by atoms with Crippen LogP contribution in [0, 0.1) is 23.6 Å². The van der Waals surface area contributed by atoms with Crippen LogP contribution in [0.3, 0.4) is 0 Å². The van der Waals surface area contributed by atoms with Crippen LogP contribution in [-0.4, -0.2) is 110 Å². The summed E-state index contributed by atoms with van der Waals surface area (Å²) >= 11 is 0. The molecule has 0 spiro atoms. The van der Waals surface area contributed by atoms with E-state index in [1.165, 1.54) is 12.1 Å². The van der Waals surface area contributed by atoms with E-state index in [9.17, 15) is 32.8 Å². The quantitative estimate of drug-likeness (QED) is 0.221. The van der Waals surface area contributed by atoms with Crippen molar-refractivity contribution in [1.82, 2.24) is 25.8 Å². The number of rotatable bonds is 15. The number of likely N-dealkylation sites (N-methyl/N-ethyl adjacent to an activating group) is 1. The summed E-state index contributed by atoms with van der Waals surface area (Å²) < 4.78 is 48.9. The van der Waals surface area contributed by atoms with E-state index in [0.717, 1.165) is 31.7 Å². The Morgan fingerprint density at radius 2 is 1.57 bits per heavy atom. The molecule has 4 N–H and O–H groups in total. The minimum atomic E-state index is -1.97. The molecular weight excluding hydrogens is 645 g/mol. The normalized spacial score (nSPS) is 21.2. The van der Waals surface area contributed by atoms with Gasteiger partial charge in [-0.2, -0.15) is 0 Å². The van der Waals surface area contributed by atoms with Gasteiger partial charge in [-0.3, -0.25) is 19.2 Å². The molecule has 5 rings (SSSR count). The van der Waals surface area contributed by atoms with Gasteiger partial charge in [0.05, 0.1) is 12.3 Å². The van der Waals surface area contributed by atoms with E-state index in [-0.39, 0.29) is 42.9 Å². The van der Waals surface area contributed by atoms with Crippen LogP contribution in [0.15, 0.2) is 18.2 Å². The zero-order valence-electron chi connectivity index (χ0n) is 28.2. The Morgan fingerprint density at radius 3 is 2.10 bits per heavy atom. The fraction of sp³-hybridized carbons (Fsp3) is 0.676. The summed E-state index contributed by atoms with van der Waals surface area (Å²) in [4.78, 5) is 68.7. The molecule has 12 nitrogen and oxygen atoms in total. The molecule has 0 radical (unpaired) electrons. The summed E-state index contributed by atoms with van der Waals surface area (Å²) in [5.41, 5.74) is -1.81. The largest absolute Gasteiger partial charge is 0.450 e. The van der Waals surface area contributed by atoms with Crippen molar-refractivity contribution in [3.05, 3.63) is 29.6 Å².